The number of ether oxygens (including phenoxy) is 1. The third kappa shape index (κ3) is 3.06. The van der Waals surface area contributed by atoms with Crippen molar-refractivity contribution < 1.29 is 18.8 Å². The van der Waals surface area contributed by atoms with Crippen molar-refractivity contribution in [2.75, 3.05) is 11.9 Å². The molecule has 0 saturated carbocycles. The van der Waals surface area contributed by atoms with E-state index >= 15 is 0 Å². The van der Waals surface area contributed by atoms with Crippen molar-refractivity contribution in [1.29, 1.82) is 0 Å². The quantitative estimate of drug-likeness (QED) is 0.515. The first-order chi connectivity index (χ1) is 7.15. The molecule has 0 aliphatic carbocycles. The predicted octanol–water partition coefficient (Wildman–Crippen LogP) is -0.496. The van der Waals surface area contributed by atoms with Crippen LogP contribution in [0.5, 0.6) is 0 Å². The van der Waals surface area contributed by atoms with Gasteiger partial charge in [-0.3, -0.25) is 4.79 Å². The Bertz CT molecular complexity index is 336. The number of anilines is 1. The Labute approximate surface area is 85.5 Å². The first-order valence-corrected chi connectivity index (χ1v) is 4.27. The number of hydrogen-bond donors (Lipinski definition) is 2. The minimum atomic E-state index is -1.35. The van der Waals surface area contributed by atoms with Gasteiger partial charge in [-0.25, -0.2) is 4.79 Å². The van der Waals surface area contributed by atoms with Gasteiger partial charge in [0.15, 0.2) is 6.04 Å². The summed E-state index contributed by atoms with van der Waals surface area (Å²) in [4.78, 5) is 22.4. The molecule has 3 N–H and O–H groups in total. The second-order valence-corrected chi connectivity index (χ2v) is 2.63. The van der Waals surface area contributed by atoms with Crippen LogP contribution in [0.4, 0.5) is 5.69 Å². The normalized spacial score (nSPS) is 11.9. The molecule has 1 unspecified atom stereocenters. The molecule has 0 fully saturated rings. The Kier molecular flexibility index (Phi) is 3.81. The van der Waals surface area contributed by atoms with Gasteiger partial charge in [-0.05, 0) is 6.92 Å². The van der Waals surface area contributed by atoms with Crippen molar-refractivity contribution in [3.63, 3.8) is 0 Å². The van der Waals surface area contributed by atoms with Gasteiger partial charge in [0.2, 0.25) is 0 Å². The number of carbonyl (C=O) groups excluding carboxylic acids is 2. The molecule has 1 rings (SSSR count). The largest absolute Gasteiger partial charge is 0.464 e. The van der Waals surface area contributed by atoms with Crippen LogP contribution in [0, 0.1) is 0 Å². The van der Waals surface area contributed by atoms with Gasteiger partial charge in [0.05, 0.1) is 12.8 Å². The first-order valence-electron chi connectivity index (χ1n) is 4.27. The molecular formula is C8H11N3O4. The lowest BCUT2D eigenvalue weighted by atomic mass is 10.3. The van der Waals surface area contributed by atoms with Gasteiger partial charge in [0.25, 0.3) is 5.91 Å². The van der Waals surface area contributed by atoms with E-state index in [1.165, 1.54) is 12.5 Å². The molecule has 1 amide bonds. The number of nitrogens with one attached hydrogen (secondary N) is 1. The Morgan fingerprint density at radius 1 is 1.73 bits per heavy atom. The number of nitrogens with zero attached hydrogens (tertiary/aromatic N) is 1. The minimum absolute atomic E-state index is 0.174. The molecule has 0 aliphatic heterocycles. The highest BCUT2D eigenvalue weighted by Gasteiger charge is 2.23. The summed E-state index contributed by atoms with van der Waals surface area (Å²) in [5.41, 5.74) is 5.66. The SMILES string of the molecule is CCOC(=O)C(N)C(=O)Nc1cnoc1. The summed E-state index contributed by atoms with van der Waals surface area (Å²) in [7, 11) is 0. The fourth-order valence-corrected chi connectivity index (χ4v) is 0.826. The van der Waals surface area contributed by atoms with E-state index in [0.717, 1.165) is 0 Å². The van der Waals surface area contributed by atoms with Gasteiger partial charge in [0.1, 0.15) is 12.0 Å². The Morgan fingerprint density at radius 2 is 2.47 bits per heavy atom. The number of amides is 1. The molecule has 1 heterocycles. The highest BCUT2D eigenvalue weighted by molar-refractivity contribution is 6.07. The summed E-state index contributed by atoms with van der Waals surface area (Å²) in [6.45, 7) is 1.80. The predicted molar refractivity (Wildman–Crippen MR) is 49.7 cm³/mol. The third-order valence-electron chi connectivity index (χ3n) is 1.52. The number of carbonyl (C=O) groups is 2. The van der Waals surface area contributed by atoms with E-state index < -0.39 is 17.9 Å². The lowest BCUT2D eigenvalue weighted by Gasteiger charge is -2.09. The average molecular weight is 213 g/mol. The van der Waals surface area contributed by atoms with Crippen molar-refractivity contribution in [3.8, 4) is 0 Å². The summed E-state index contributed by atoms with van der Waals surface area (Å²) in [5, 5.41) is 5.71. The number of nitrogens with two attached hydrogens (primary N) is 1. The summed E-state index contributed by atoms with van der Waals surface area (Å²) in [6, 6.07) is -1.35. The number of aromatic nitrogens is 1. The fraction of sp³-hybridized carbons (Fsp3) is 0.375. The van der Waals surface area contributed by atoms with E-state index in [0.29, 0.717) is 5.69 Å². The Morgan fingerprint density at radius 3 is 3.00 bits per heavy atom. The van der Waals surface area contributed by atoms with Gasteiger partial charge in [-0.15, -0.1) is 0 Å². The molecule has 1 aromatic rings. The van der Waals surface area contributed by atoms with E-state index in [2.05, 4.69) is 19.7 Å². The van der Waals surface area contributed by atoms with Crippen LogP contribution >= 0.6 is 0 Å². The molecule has 82 valence electrons. The zero-order chi connectivity index (χ0) is 11.3. The molecule has 0 bridgehead atoms. The molecule has 1 atom stereocenters. The summed E-state index contributed by atoms with van der Waals surface area (Å²) in [6.07, 6.45) is 2.51. The topological polar surface area (TPSA) is 107 Å². The van der Waals surface area contributed by atoms with Gasteiger partial charge >= 0.3 is 5.97 Å². The zero-order valence-corrected chi connectivity index (χ0v) is 8.10. The fourth-order valence-electron chi connectivity index (χ4n) is 0.826. The molecule has 7 heteroatoms. The van der Waals surface area contributed by atoms with Crippen molar-refractivity contribution >= 4 is 17.6 Å². The molecule has 0 aliphatic rings. The van der Waals surface area contributed by atoms with E-state index in [4.69, 9.17) is 5.73 Å². The van der Waals surface area contributed by atoms with Crippen LogP contribution in [0.25, 0.3) is 0 Å². The Hall–Kier alpha value is -1.89. The van der Waals surface area contributed by atoms with E-state index in [9.17, 15) is 9.59 Å². The van der Waals surface area contributed by atoms with Crippen LogP contribution in [-0.2, 0) is 14.3 Å². The maximum atomic E-state index is 11.3. The molecule has 15 heavy (non-hydrogen) atoms. The summed E-state index contributed by atoms with van der Waals surface area (Å²) >= 11 is 0. The molecule has 0 aromatic carbocycles. The number of esters is 1. The number of hydrogen-bond acceptors (Lipinski definition) is 6. The highest BCUT2D eigenvalue weighted by Crippen LogP contribution is 2.03. The van der Waals surface area contributed by atoms with Crippen LogP contribution in [0.2, 0.25) is 0 Å². The smallest absolute Gasteiger partial charge is 0.332 e. The molecule has 0 saturated heterocycles. The molecule has 0 radical (unpaired) electrons. The third-order valence-corrected chi connectivity index (χ3v) is 1.52. The summed E-state index contributed by atoms with van der Waals surface area (Å²) < 4.78 is 9.06. The van der Waals surface area contributed by atoms with Crippen LogP contribution in [-0.4, -0.2) is 29.7 Å². The van der Waals surface area contributed by atoms with E-state index in [1.807, 2.05) is 0 Å². The minimum Gasteiger partial charge on any atom is -0.464 e. The zero-order valence-electron chi connectivity index (χ0n) is 8.10. The first kappa shape index (κ1) is 11.2. The Balaban J connectivity index is 2.50. The molecule has 7 nitrogen and oxygen atoms in total. The van der Waals surface area contributed by atoms with Gasteiger partial charge in [-0.2, -0.15) is 0 Å². The van der Waals surface area contributed by atoms with E-state index in [1.54, 1.807) is 6.92 Å². The maximum Gasteiger partial charge on any atom is 0.332 e. The van der Waals surface area contributed by atoms with Crippen molar-refractivity contribution in [2.45, 2.75) is 13.0 Å². The molecule has 1 aromatic heterocycles. The van der Waals surface area contributed by atoms with Gasteiger partial charge in [0, 0.05) is 0 Å². The van der Waals surface area contributed by atoms with Crippen molar-refractivity contribution in [1.82, 2.24) is 5.16 Å². The van der Waals surface area contributed by atoms with Crippen LogP contribution < -0.4 is 11.1 Å². The average Bonchev–Trinajstić information content (AvgIpc) is 2.69. The van der Waals surface area contributed by atoms with Crippen LogP contribution in [0.15, 0.2) is 17.0 Å². The standard InChI is InChI=1S/C8H11N3O4/c1-2-14-8(13)6(9)7(12)11-5-3-10-15-4-5/h3-4,6H,2,9H2,1H3,(H,11,12). The van der Waals surface area contributed by atoms with Crippen LogP contribution in [0.3, 0.4) is 0 Å². The maximum absolute atomic E-state index is 11.3. The highest BCUT2D eigenvalue weighted by atomic mass is 16.5. The van der Waals surface area contributed by atoms with Gasteiger partial charge < -0.3 is 20.3 Å². The lowest BCUT2D eigenvalue weighted by molar-refractivity contribution is -0.146. The second kappa shape index (κ2) is 5.11. The summed E-state index contributed by atoms with van der Waals surface area (Å²) in [5.74, 6) is -1.44. The van der Waals surface area contributed by atoms with Gasteiger partial charge in [-0.1, -0.05) is 5.16 Å². The monoisotopic (exact) mass is 213 g/mol. The van der Waals surface area contributed by atoms with Crippen LogP contribution in [0.1, 0.15) is 6.92 Å². The van der Waals surface area contributed by atoms with Crippen molar-refractivity contribution in [2.24, 2.45) is 5.73 Å². The van der Waals surface area contributed by atoms with E-state index in [-0.39, 0.29) is 6.61 Å². The molecule has 0 spiro atoms. The van der Waals surface area contributed by atoms with Crippen molar-refractivity contribution in [3.05, 3.63) is 12.5 Å². The lowest BCUT2D eigenvalue weighted by Crippen LogP contribution is -2.43. The number of rotatable bonds is 4. The molecular weight excluding hydrogens is 202 g/mol. The second-order valence-electron chi connectivity index (χ2n) is 2.63.